The van der Waals surface area contributed by atoms with Crippen molar-refractivity contribution in [2.24, 2.45) is 0 Å². The van der Waals surface area contributed by atoms with Gasteiger partial charge in [-0.15, -0.1) is 0 Å². The van der Waals surface area contributed by atoms with E-state index in [0.717, 1.165) is 17.9 Å². The molecule has 0 saturated carbocycles. The molecule has 0 saturated heterocycles. The lowest BCUT2D eigenvalue weighted by molar-refractivity contribution is 0.0913. The maximum Gasteiger partial charge on any atom is 0.409 e. The van der Waals surface area contributed by atoms with Crippen LogP contribution in [0.25, 0.3) is 0 Å². The highest BCUT2D eigenvalue weighted by Crippen LogP contribution is 2.19. The summed E-state index contributed by atoms with van der Waals surface area (Å²) < 4.78 is 16.4. The van der Waals surface area contributed by atoms with Crippen molar-refractivity contribution in [1.29, 1.82) is 0 Å². The molecule has 1 aromatic rings. The first-order chi connectivity index (χ1) is 10.6. The van der Waals surface area contributed by atoms with Crippen molar-refractivity contribution in [2.75, 3.05) is 26.3 Å². The molecule has 0 fully saturated rings. The van der Waals surface area contributed by atoms with Gasteiger partial charge < -0.3 is 19.1 Å². The summed E-state index contributed by atoms with van der Waals surface area (Å²) >= 11 is 0. The van der Waals surface area contributed by atoms with Crippen molar-refractivity contribution in [3.63, 3.8) is 0 Å². The summed E-state index contributed by atoms with van der Waals surface area (Å²) in [5, 5.41) is 0. The van der Waals surface area contributed by atoms with E-state index in [1.165, 1.54) is 0 Å². The summed E-state index contributed by atoms with van der Waals surface area (Å²) in [4.78, 5) is 13.3. The van der Waals surface area contributed by atoms with Crippen LogP contribution in [0.5, 0.6) is 11.5 Å². The van der Waals surface area contributed by atoms with Crippen LogP contribution in [0.1, 0.15) is 34.1 Å². The second-order valence-electron chi connectivity index (χ2n) is 4.94. The SMILES string of the molecule is CCC(C)Oc1ccc(OCCOC(=O)N(CC)CC)cc1. The molecule has 1 amide bonds. The van der Waals surface area contributed by atoms with Gasteiger partial charge in [0.2, 0.25) is 0 Å². The molecule has 22 heavy (non-hydrogen) atoms. The van der Waals surface area contributed by atoms with E-state index in [4.69, 9.17) is 14.2 Å². The fourth-order valence-corrected chi connectivity index (χ4v) is 1.79. The van der Waals surface area contributed by atoms with E-state index in [2.05, 4.69) is 6.92 Å². The number of amides is 1. The van der Waals surface area contributed by atoms with Gasteiger partial charge in [0.05, 0.1) is 6.10 Å². The molecule has 0 radical (unpaired) electrons. The summed E-state index contributed by atoms with van der Waals surface area (Å²) in [6.07, 6.45) is 0.869. The van der Waals surface area contributed by atoms with Crippen LogP contribution in [0.2, 0.25) is 0 Å². The highest BCUT2D eigenvalue weighted by molar-refractivity contribution is 5.67. The largest absolute Gasteiger partial charge is 0.491 e. The fraction of sp³-hybridized carbons (Fsp3) is 0.588. The van der Waals surface area contributed by atoms with Gasteiger partial charge in [-0.05, 0) is 51.5 Å². The first-order valence-corrected chi connectivity index (χ1v) is 7.91. The van der Waals surface area contributed by atoms with E-state index < -0.39 is 0 Å². The van der Waals surface area contributed by atoms with Gasteiger partial charge in [0.1, 0.15) is 24.7 Å². The summed E-state index contributed by atoms with van der Waals surface area (Å²) in [5.41, 5.74) is 0. The van der Waals surface area contributed by atoms with E-state index in [1.807, 2.05) is 45.0 Å². The third-order valence-corrected chi connectivity index (χ3v) is 3.34. The van der Waals surface area contributed by atoms with Gasteiger partial charge in [-0.2, -0.15) is 0 Å². The van der Waals surface area contributed by atoms with Gasteiger partial charge in [-0.1, -0.05) is 6.92 Å². The minimum absolute atomic E-state index is 0.200. The molecule has 1 rings (SSSR count). The number of carbonyl (C=O) groups excluding carboxylic acids is 1. The van der Waals surface area contributed by atoms with Crippen LogP contribution in [0, 0.1) is 0 Å². The number of ether oxygens (including phenoxy) is 3. The Morgan fingerprint density at radius 1 is 1.05 bits per heavy atom. The fourth-order valence-electron chi connectivity index (χ4n) is 1.79. The molecular formula is C17H27NO4. The number of benzene rings is 1. The Bertz CT molecular complexity index is 429. The van der Waals surface area contributed by atoms with Crippen molar-refractivity contribution < 1.29 is 19.0 Å². The summed E-state index contributed by atoms with van der Waals surface area (Å²) in [7, 11) is 0. The molecule has 0 aromatic heterocycles. The van der Waals surface area contributed by atoms with E-state index in [0.29, 0.717) is 19.7 Å². The standard InChI is InChI=1S/C17H27NO4/c1-5-14(4)22-16-10-8-15(9-11-16)20-12-13-21-17(19)18(6-2)7-3/h8-11,14H,5-7,12-13H2,1-4H3. The smallest absolute Gasteiger partial charge is 0.409 e. The highest BCUT2D eigenvalue weighted by Gasteiger charge is 2.10. The monoisotopic (exact) mass is 309 g/mol. The predicted octanol–water partition coefficient (Wildman–Crippen LogP) is 3.72. The molecule has 1 aromatic carbocycles. The van der Waals surface area contributed by atoms with E-state index >= 15 is 0 Å². The molecule has 0 N–H and O–H groups in total. The second kappa shape index (κ2) is 9.92. The average molecular weight is 309 g/mol. The van der Waals surface area contributed by atoms with Crippen molar-refractivity contribution in [2.45, 2.75) is 40.2 Å². The third kappa shape index (κ3) is 6.24. The van der Waals surface area contributed by atoms with E-state index in [1.54, 1.807) is 4.90 Å². The van der Waals surface area contributed by atoms with Crippen LogP contribution in [0.3, 0.4) is 0 Å². The van der Waals surface area contributed by atoms with Crippen molar-refractivity contribution in [3.8, 4) is 11.5 Å². The van der Waals surface area contributed by atoms with Gasteiger partial charge in [0.15, 0.2) is 0 Å². The van der Waals surface area contributed by atoms with Gasteiger partial charge in [-0.3, -0.25) is 0 Å². The third-order valence-electron chi connectivity index (χ3n) is 3.34. The minimum Gasteiger partial charge on any atom is -0.491 e. The lowest BCUT2D eigenvalue weighted by Crippen LogP contribution is -2.32. The van der Waals surface area contributed by atoms with Gasteiger partial charge in [0, 0.05) is 13.1 Å². The zero-order chi connectivity index (χ0) is 16.4. The van der Waals surface area contributed by atoms with Crippen molar-refractivity contribution in [3.05, 3.63) is 24.3 Å². The quantitative estimate of drug-likeness (QED) is 0.652. The second-order valence-corrected chi connectivity index (χ2v) is 4.94. The summed E-state index contributed by atoms with van der Waals surface area (Å²) in [6.45, 7) is 9.82. The van der Waals surface area contributed by atoms with E-state index in [-0.39, 0.29) is 18.8 Å². The summed E-state index contributed by atoms with van der Waals surface area (Å²) in [5.74, 6) is 1.56. The number of hydrogen-bond acceptors (Lipinski definition) is 4. The zero-order valence-electron chi connectivity index (χ0n) is 14.0. The molecule has 124 valence electrons. The molecule has 1 unspecified atom stereocenters. The maximum absolute atomic E-state index is 11.6. The first-order valence-electron chi connectivity index (χ1n) is 7.91. The summed E-state index contributed by atoms with van der Waals surface area (Å²) in [6, 6.07) is 7.46. The lowest BCUT2D eigenvalue weighted by atomic mass is 10.3. The molecule has 0 aliphatic rings. The Hall–Kier alpha value is -1.91. The number of nitrogens with zero attached hydrogens (tertiary/aromatic N) is 1. The van der Waals surface area contributed by atoms with Crippen LogP contribution < -0.4 is 9.47 Å². The van der Waals surface area contributed by atoms with Crippen LogP contribution >= 0.6 is 0 Å². The van der Waals surface area contributed by atoms with Crippen molar-refractivity contribution in [1.82, 2.24) is 4.90 Å². The van der Waals surface area contributed by atoms with Crippen LogP contribution in [-0.2, 0) is 4.74 Å². The van der Waals surface area contributed by atoms with Crippen LogP contribution in [-0.4, -0.2) is 43.4 Å². The molecule has 5 nitrogen and oxygen atoms in total. The Morgan fingerprint density at radius 3 is 2.18 bits per heavy atom. The highest BCUT2D eigenvalue weighted by atomic mass is 16.6. The molecule has 0 bridgehead atoms. The average Bonchev–Trinajstić information content (AvgIpc) is 2.54. The molecule has 5 heteroatoms. The lowest BCUT2D eigenvalue weighted by Gasteiger charge is -2.18. The normalized spacial score (nSPS) is 11.6. The predicted molar refractivity (Wildman–Crippen MR) is 86.6 cm³/mol. The minimum atomic E-state index is -0.300. The first kappa shape index (κ1) is 18.1. The van der Waals surface area contributed by atoms with Crippen LogP contribution in [0.4, 0.5) is 4.79 Å². The number of carbonyl (C=O) groups is 1. The molecule has 0 spiro atoms. The molecule has 0 aliphatic heterocycles. The number of rotatable bonds is 9. The Labute approximate surface area is 133 Å². The Kier molecular flexibility index (Phi) is 8.18. The Morgan fingerprint density at radius 2 is 1.64 bits per heavy atom. The van der Waals surface area contributed by atoms with Crippen LogP contribution in [0.15, 0.2) is 24.3 Å². The van der Waals surface area contributed by atoms with Gasteiger partial charge >= 0.3 is 6.09 Å². The van der Waals surface area contributed by atoms with E-state index in [9.17, 15) is 4.79 Å². The molecule has 1 atom stereocenters. The molecule has 0 heterocycles. The van der Waals surface area contributed by atoms with Crippen molar-refractivity contribution >= 4 is 6.09 Å². The topological polar surface area (TPSA) is 48.0 Å². The van der Waals surface area contributed by atoms with Gasteiger partial charge in [-0.25, -0.2) is 4.79 Å². The molecule has 0 aliphatic carbocycles. The number of hydrogen-bond donors (Lipinski definition) is 0. The Balaban J connectivity index is 2.29. The maximum atomic E-state index is 11.6. The molecular weight excluding hydrogens is 282 g/mol. The van der Waals surface area contributed by atoms with Gasteiger partial charge in [0.25, 0.3) is 0 Å². The zero-order valence-corrected chi connectivity index (χ0v) is 14.0.